The number of amides is 4. The summed E-state index contributed by atoms with van der Waals surface area (Å²) in [6.07, 6.45) is 2.33. The summed E-state index contributed by atoms with van der Waals surface area (Å²) in [5, 5.41) is 2.17. The topological polar surface area (TPSA) is 79.4 Å². The number of thioether (sulfide) groups is 1. The van der Waals surface area contributed by atoms with Gasteiger partial charge in [-0.15, -0.1) is 11.8 Å². The number of rotatable bonds is 7. The van der Waals surface area contributed by atoms with Crippen molar-refractivity contribution in [1.29, 1.82) is 0 Å². The molecule has 4 aliphatic heterocycles. The first-order valence-electron chi connectivity index (χ1n) is 17.6. The Morgan fingerprint density at radius 1 is 0.958 bits per heavy atom. The highest BCUT2D eigenvalue weighted by molar-refractivity contribution is 8.01. The maximum Gasteiger partial charge on any atom is 0.322 e. The number of urea groups is 1. The number of hydrogen-bond acceptors (Lipinski definition) is 6. The minimum Gasteiger partial charge on any atom is -0.366 e. The number of hydrogen-bond donors (Lipinski definition) is 1. The number of carbonyl (C=O) groups excluding carboxylic acids is 3. The lowest BCUT2D eigenvalue weighted by molar-refractivity contribution is -0.137. The van der Waals surface area contributed by atoms with Crippen molar-refractivity contribution >= 4 is 41.0 Å². The highest BCUT2D eigenvalue weighted by atomic mass is 32.2. The van der Waals surface area contributed by atoms with Crippen LogP contribution in [0.25, 0.3) is 0 Å². The average Bonchev–Trinajstić information content (AvgIpc) is 3.23. The third-order valence-corrected chi connectivity index (χ3v) is 11.7. The number of piperidine rings is 1. The molecular formula is C37H51FN6O3S. The predicted octanol–water partition coefficient (Wildman–Crippen LogP) is 5.82. The fraction of sp³-hybridized carbons (Fsp3) is 0.595. The van der Waals surface area contributed by atoms with E-state index in [2.05, 4.69) is 55.8 Å². The third-order valence-electron chi connectivity index (χ3n) is 10.3. The van der Waals surface area contributed by atoms with E-state index in [1.165, 1.54) is 17.8 Å². The van der Waals surface area contributed by atoms with Gasteiger partial charge in [0.1, 0.15) is 11.2 Å². The first-order chi connectivity index (χ1) is 22.9. The van der Waals surface area contributed by atoms with Crippen LogP contribution in [0.4, 0.5) is 20.6 Å². The van der Waals surface area contributed by atoms with Gasteiger partial charge >= 0.3 is 6.03 Å². The molecule has 3 saturated heterocycles. The van der Waals surface area contributed by atoms with E-state index in [-0.39, 0.29) is 53.0 Å². The van der Waals surface area contributed by atoms with Crippen LogP contribution in [0.15, 0.2) is 42.5 Å². The van der Waals surface area contributed by atoms with E-state index in [0.717, 1.165) is 36.3 Å². The molecule has 0 saturated carbocycles. The van der Waals surface area contributed by atoms with Crippen molar-refractivity contribution < 1.29 is 18.8 Å². The first-order valence-corrected chi connectivity index (χ1v) is 18.5. The standard InChI is InChI=1S/C37H51FN6O3S/c1-25(2)24-44-34(46)31(48-35(44)28-10-8-11-29(38)33(28)41-19-21-42(22-20-41)37(3,4)5)23-32(45)40-16-14-27(15-17-40)43-18-13-26-9-6-7-12-30(26)39-36(43)47/h6-12,25,27,31,35H,13-24H2,1-5H3,(H,39,47)/t31-,35+/m0/s1. The second kappa shape index (κ2) is 14.3. The second-order valence-corrected chi connectivity index (χ2v) is 16.3. The van der Waals surface area contributed by atoms with E-state index in [1.54, 1.807) is 6.07 Å². The molecule has 0 bridgehead atoms. The van der Waals surface area contributed by atoms with Gasteiger partial charge in [-0.1, -0.05) is 44.2 Å². The van der Waals surface area contributed by atoms with E-state index in [4.69, 9.17) is 0 Å². The molecular weight excluding hydrogens is 628 g/mol. The molecule has 6 rings (SSSR count). The second-order valence-electron chi connectivity index (χ2n) is 15.0. The van der Waals surface area contributed by atoms with Gasteiger partial charge in [0.15, 0.2) is 0 Å². The number of para-hydroxylation sites is 2. The van der Waals surface area contributed by atoms with Gasteiger partial charge in [-0.25, -0.2) is 9.18 Å². The summed E-state index contributed by atoms with van der Waals surface area (Å²) in [6.45, 7) is 16.2. The fourth-order valence-electron chi connectivity index (χ4n) is 7.66. The van der Waals surface area contributed by atoms with E-state index < -0.39 is 5.25 Å². The van der Waals surface area contributed by atoms with Gasteiger partial charge in [0.05, 0.1) is 10.9 Å². The van der Waals surface area contributed by atoms with Crippen LogP contribution in [-0.4, -0.2) is 107 Å². The van der Waals surface area contributed by atoms with Gasteiger partial charge in [0.2, 0.25) is 11.8 Å². The molecule has 9 nitrogen and oxygen atoms in total. The number of anilines is 2. The Labute approximate surface area is 289 Å². The molecule has 0 radical (unpaired) electrons. The zero-order chi connectivity index (χ0) is 34.2. The van der Waals surface area contributed by atoms with Gasteiger partial charge in [-0.2, -0.15) is 0 Å². The van der Waals surface area contributed by atoms with Gasteiger partial charge in [0.25, 0.3) is 0 Å². The Hall–Kier alpha value is -3.31. The van der Waals surface area contributed by atoms with Crippen LogP contribution < -0.4 is 10.2 Å². The van der Waals surface area contributed by atoms with Crippen LogP contribution in [0.3, 0.4) is 0 Å². The first kappa shape index (κ1) is 34.5. The number of benzene rings is 2. The molecule has 48 heavy (non-hydrogen) atoms. The summed E-state index contributed by atoms with van der Waals surface area (Å²) in [4.78, 5) is 50.9. The van der Waals surface area contributed by atoms with Crippen molar-refractivity contribution in [3.05, 3.63) is 59.4 Å². The van der Waals surface area contributed by atoms with E-state index in [9.17, 15) is 14.4 Å². The van der Waals surface area contributed by atoms with E-state index >= 15 is 4.39 Å². The number of halogens is 1. The monoisotopic (exact) mass is 678 g/mol. The lowest BCUT2D eigenvalue weighted by Crippen LogP contribution is -2.53. The van der Waals surface area contributed by atoms with Crippen molar-refractivity contribution in [2.24, 2.45) is 5.92 Å². The van der Waals surface area contributed by atoms with Gasteiger partial charge in [-0.05, 0) is 63.6 Å². The smallest absolute Gasteiger partial charge is 0.322 e. The predicted molar refractivity (Wildman–Crippen MR) is 191 cm³/mol. The molecule has 0 aromatic heterocycles. The number of fused-ring (bicyclic) bond motifs is 1. The SMILES string of the molecule is CC(C)CN1C(=O)[C@H](CC(=O)N2CCC(N3CCc4ccccc4NC3=O)CC2)S[C@@H]1c1cccc(F)c1N1CCN(C(C)(C)C)CC1. The van der Waals surface area contributed by atoms with Crippen molar-refractivity contribution in [3.63, 3.8) is 0 Å². The van der Waals surface area contributed by atoms with Crippen LogP contribution in [0.5, 0.6) is 0 Å². The largest absolute Gasteiger partial charge is 0.366 e. The Morgan fingerprint density at radius 2 is 1.67 bits per heavy atom. The van der Waals surface area contributed by atoms with Crippen molar-refractivity contribution in [1.82, 2.24) is 19.6 Å². The van der Waals surface area contributed by atoms with Crippen LogP contribution in [0.2, 0.25) is 0 Å². The summed E-state index contributed by atoms with van der Waals surface area (Å²) in [7, 11) is 0. The summed E-state index contributed by atoms with van der Waals surface area (Å²) in [6, 6.07) is 13.1. The van der Waals surface area contributed by atoms with Crippen molar-refractivity contribution in [2.75, 3.05) is 62.6 Å². The third kappa shape index (κ3) is 7.32. The fourth-order valence-corrected chi connectivity index (χ4v) is 9.14. The Balaban J connectivity index is 1.11. The lowest BCUT2D eigenvalue weighted by Gasteiger charge is -2.43. The number of piperazine rings is 1. The van der Waals surface area contributed by atoms with E-state index in [1.807, 2.05) is 39.0 Å². The number of nitrogens with zero attached hydrogens (tertiary/aromatic N) is 5. The van der Waals surface area contributed by atoms with Crippen LogP contribution >= 0.6 is 11.8 Å². The van der Waals surface area contributed by atoms with Gasteiger partial charge in [0, 0.05) is 81.6 Å². The zero-order valence-corrected chi connectivity index (χ0v) is 29.9. The minimum absolute atomic E-state index is 0.0325. The maximum absolute atomic E-state index is 15.7. The molecule has 4 aliphatic rings. The molecule has 2 aromatic carbocycles. The average molecular weight is 679 g/mol. The minimum atomic E-state index is -0.525. The number of carbonyl (C=O) groups is 3. The van der Waals surface area contributed by atoms with Gasteiger partial charge in [-0.3, -0.25) is 14.5 Å². The molecule has 2 aromatic rings. The molecule has 4 amide bonds. The zero-order valence-electron chi connectivity index (χ0n) is 29.1. The highest BCUT2D eigenvalue weighted by Gasteiger charge is 2.44. The van der Waals surface area contributed by atoms with Crippen LogP contribution in [0, 0.1) is 11.7 Å². The normalized spacial score (nSPS) is 23.1. The molecule has 0 spiro atoms. The van der Waals surface area contributed by atoms with Crippen LogP contribution in [0.1, 0.15) is 70.4 Å². The van der Waals surface area contributed by atoms with Crippen LogP contribution in [-0.2, 0) is 16.0 Å². The summed E-state index contributed by atoms with van der Waals surface area (Å²) < 4.78 is 15.7. The number of likely N-dealkylation sites (tertiary alicyclic amines) is 1. The maximum atomic E-state index is 15.7. The molecule has 1 N–H and O–H groups in total. The summed E-state index contributed by atoms with van der Waals surface area (Å²) in [5.74, 6) is -0.120. The summed E-state index contributed by atoms with van der Waals surface area (Å²) in [5.41, 5.74) is 3.45. The Bertz CT molecular complexity index is 1500. The van der Waals surface area contributed by atoms with Gasteiger partial charge < -0.3 is 24.9 Å². The Morgan fingerprint density at radius 3 is 2.35 bits per heavy atom. The molecule has 0 aliphatic carbocycles. The lowest BCUT2D eigenvalue weighted by atomic mass is 10.0. The molecule has 0 unspecified atom stereocenters. The molecule has 11 heteroatoms. The molecule has 4 heterocycles. The molecule has 3 fully saturated rings. The van der Waals surface area contributed by atoms with E-state index in [0.29, 0.717) is 57.8 Å². The quantitative estimate of drug-likeness (QED) is 0.398. The highest BCUT2D eigenvalue weighted by Crippen LogP contribution is 2.48. The molecule has 2 atom stereocenters. The summed E-state index contributed by atoms with van der Waals surface area (Å²) >= 11 is 1.49. The van der Waals surface area contributed by atoms with Crippen molar-refractivity contribution in [2.45, 2.75) is 82.5 Å². The van der Waals surface area contributed by atoms with Crippen molar-refractivity contribution in [3.8, 4) is 0 Å². The molecule has 260 valence electrons. The number of nitrogens with one attached hydrogen (secondary N) is 1. The Kier molecular flexibility index (Phi) is 10.3.